The number of aryl methyl sites for hydroxylation is 1. The van der Waals surface area contributed by atoms with Crippen LogP contribution in [0.3, 0.4) is 0 Å². The third-order valence-electron chi connectivity index (χ3n) is 4.15. The summed E-state index contributed by atoms with van der Waals surface area (Å²) in [4.78, 5) is 27.0. The van der Waals surface area contributed by atoms with Crippen LogP contribution in [0.2, 0.25) is 0 Å². The Bertz CT molecular complexity index is 607. The summed E-state index contributed by atoms with van der Waals surface area (Å²) in [6.07, 6.45) is 0.747. The Morgan fingerprint density at radius 2 is 1.96 bits per heavy atom. The second-order valence-corrected chi connectivity index (χ2v) is 7.01. The summed E-state index contributed by atoms with van der Waals surface area (Å²) in [7, 11) is 1.75. The maximum Gasteiger partial charge on any atom is 0.408 e. The topological polar surface area (TPSA) is 58.6 Å². The Kier molecular flexibility index (Phi) is 4.68. The monoisotopic (exact) mass is 318 g/mol. The third kappa shape index (κ3) is 3.49. The third-order valence-corrected chi connectivity index (χ3v) is 4.15. The van der Waals surface area contributed by atoms with E-state index in [0.717, 1.165) is 17.5 Å². The quantitative estimate of drug-likeness (QED) is 0.932. The number of alkyl carbamates (subject to hydrolysis) is 1. The second kappa shape index (κ2) is 6.22. The predicted molar refractivity (Wildman–Crippen MR) is 89.1 cm³/mol. The number of benzene rings is 1. The highest BCUT2D eigenvalue weighted by molar-refractivity contribution is 5.92. The molecule has 0 saturated carbocycles. The van der Waals surface area contributed by atoms with E-state index in [1.165, 1.54) is 0 Å². The van der Waals surface area contributed by atoms with E-state index in [9.17, 15) is 9.59 Å². The van der Waals surface area contributed by atoms with Gasteiger partial charge in [-0.25, -0.2) is 4.79 Å². The van der Waals surface area contributed by atoms with Crippen molar-refractivity contribution in [2.75, 3.05) is 13.6 Å². The second-order valence-electron chi connectivity index (χ2n) is 7.01. The maximum absolute atomic E-state index is 13.0. The van der Waals surface area contributed by atoms with Gasteiger partial charge in [-0.3, -0.25) is 4.79 Å². The fourth-order valence-corrected chi connectivity index (χ4v) is 2.96. The van der Waals surface area contributed by atoms with Crippen LogP contribution in [-0.4, -0.2) is 36.1 Å². The van der Waals surface area contributed by atoms with Gasteiger partial charge in [0.1, 0.15) is 11.1 Å². The number of carbonyl (C=O) groups excluding carboxylic acids is 2. The Labute approximate surface area is 138 Å². The molecule has 1 aliphatic rings. The minimum atomic E-state index is -1.04. The number of fused-ring (bicyclic) bond motifs is 1. The van der Waals surface area contributed by atoms with Crippen molar-refractivity contribution in [2.45, 2.75) is 51.7 Å². The van der Waals surface area contributed by atoms with Gasteiger partial charge in [-0.05, 0) is 51.7 Å². The van der Waals surface area contributed by atoms with E-state index in [0.29, 0.717) is 13.0 Å². The maximum atomic E-state index is 13.0. The summed E-state index contributed by atoms with van der Waals surface area (Å²) >= 11 is 0. The number of nitrogens with one attached hydrogen (secondary N) is 1. The molecule has 1 aromatic rings. The normalized spacial score (nSPS) is 19.9. The van der Waals surface area contributed by atoms with E-state index in [4.69, 9.17) is 4.74 Å². The molecule has 0 heterocycles. The lowest BCUT2D eigenvalue weighted by Gasteiger charge is -2.34. The Morgan fingerprint density at radius 3 is 2.57 bits per heavy atom. The molecule has 126 valence electrons. The SMILES string of the molecule is CCN(C)C(=O)C1(NC(=O)OC(C)(C)C)CCc2ccccc21. The molecule has 0 radical (unpaired) electrons. The molecule has 0 aromatic heterocycles. The summed E-state index contributed by atoms with van der Waals surface area (Å²) in [6, 6.07) is 7.78. The number of rotatable bonds is 3. The minimum Gasteiger partial charge on any atom is -0.444 e. The number of nitrogens with zero attached hydrogens (tertiary/aromatic N) is 1. The largest absolute Gasteiger partial charge is 0.444 e. The van der Waals surface area contributed by atoms with Crippen LogP contribution in [0.5, 0.6) is 0 Å². The highest BCUT2D eigenvalue weighted by Crippen LogP contribution is 2.38. The number of hydrogen-bond acceptors (Lipinski definition) is 3. The van der Waals surface area contributed by atoms with E-state index in [1.54, 1.807) is 11.9 Å². The highest BCUT2D eigenvalue weighted by atomic mass is 16.6. The van der Waals surface area contributed by atoms with Crippen LogP contribution in [0.25, 0.3) is 0 Å². The van der Waals surface area contributed by atoms with E-state index >= 15 is 0 Å². The molecular formula is C18H26N2O3. The molecule has 2 amide bonds. The van der Waals surface area contributed by atoms with E-state index in [1.807, 2.05) is 52.0 Å². The van der Waals surface area contributed by atoms with Crippen molar-refractivity contribution < 1.29 is 14.3 Å². The average molecular weight is 318 g/mol. The lowest BCUT2D eigenvalue weighted by atomic mass is 9.90. The molecule has 0 bridgehead atoms. The molecule has 1 unspecified atom stereocenters. The summed E-state index contributed by atoms with van der Waals surface area (Å²) in [5.74, 6) is -0.101. The van der Waals surface area contributed by atoms with Gasteiger partial charge in [-0.1, -0.05) is 24.3 Å². The van der Waals surface area contributed by atoms with Crippen LogP contribution in [0, 0.1) is 0 Å². The first-order valence-corrected chi connectivity index (χ1v) is 8.05. The number of ether oxygens (including phenoxy) is 1. The predicted octanol–water partition coefficient (Wildman–Crippen LogP) is 2.83. The number of hydrogen-bond donors (Lipinski definition) is 1. The van der Waals surface area contributed by atoms with Gasteiger partial charge < -0.3 is 15.0 Å². The van der Waals surface area contributed by atoms with Gasteiger partial charge in [0.25, 0.3) is 5.91 Å². The standard InChI is InChI=1S/C18H26N2O3/c1-6-20(5)15(21)18(19-16(22)23-17(2,3)4)12-11-13-9-7-8-10-14(13)18/h7-10H,6,11-12H2,1-5H3,(H,19,22). The fraction of sp³-hybridized carbons (Fsp3) is 0.556. The van der Waals surface area contributed by atoms with Gasteiger partial charge in [0.05, 0.1) is 0 Å². The van der Waals surface area contributed by atoms with Gasteiger partial charge in [0, 0.05) is 13.6 Å². The summed E-state index contributed by atoms with van der Waals surface area (Å²) in [5, 5.41) is 2.87. The molecule has 1 aromatic carbocycles. The summed E-state index contributed by atoms with van der Waals surface area (Å²) in [5.41, 5.74) is 0.324. The molecule has 0 fully saturated rings. The van der Waals surface area contributed by atoms with Gasteiger partial charge in [0.15, 0.2) is 0 Å². The zero-order valence-corrected chi connectivity index (χ0v) is 14.6. The van der Waals surface area contributed by atoms with Crippen molar-refractivity contribution in [1.82, 2.24) is 10.2 Å². The van der Waals surface area contributed by atoms with Crippen LogP contribution < -0.4 is 5.32 Å². The van der Waals surface area contributed by atoms with Crippen molar-refractivity contribution in [3.05, 3.63) is 35.4 Å². The zero-order valence-electron chi connectivity index (χ0n) is 14.6. The molecule has 5 heteroatoms. The van der Waals surface area contributed by atoms with Crippen molar-refractivity contribution >= 4 is 12.0 Å². The number of amides is 2. The Hall–Kier alpha value is -2.04. The molecule has 1 atom stereocenters. The first-order chi connectivity index (χ1) is 10.7. The first kappa shape index (κ1) is 17.3. The molecule has 2 rings (SSSR count). The average Bonchev–Trinajstić information content (AvgIpc) is 2.84. The van der Waals surface area contributed by atoms with Gasteiger partial charge >= 0.3 is 6.09 Å². The Morgan fingerprint density at radius 1 is 1.30 bits per heavy atom. The lowest BCUT2D eigenvalue weighted by Crippen LogP contribution is -2.56. The van der Waals surface area contributed by atoms with Crippen LogP contribution in [0.15, 0.2) is 24.3 Å². The highest BCUT2D eigenvalue weighted by Gasteiger charge is 2.48. The molecule has 5 nitrogen and oxygen atoms in total. The minimum absolute atomic E-state index is 0.101. The van der Waals surface area contributed by atoms with Crippen LogP contribution in [0.4, 0.5) is 4.79 Å². The smallest absolute Gasteiger partial charge is 0.408 e. The van der Waals surface area contributed by atoms with Crippen LogP contribution >= 0.6 is 0 Å². The molecule has 0 saturated heterocycles. The molecule has 1 N–H and O–H groups in total. The van der Waals surface area contributed by atoms with Crippen LogP contribution in [-0.2, 0) is 21.5 Å². The zero-order chi connectivity index (χ0) is 17.3. The lowest BCUT2D eigenvalue weighted by molar-refractivity contribution is -0.137. The van der Waals surface area contributed by atoms with Crippen LogP contribution in [0.1, 0.15) is 45.2 Å². The summed E-state index contributed by atoms with van der Waals surface area (Å²) in [6.45, 7) is 7.92. The molecule has 0 aliphatic heterocycles. The van der Waals surface area contributed by atoms with Gasteiger partial charge in [0.2, 0.25) is 0 Å². The molecule has 0 spiro atoms. The molecule has 1 aliphatic carbocycles. The number of carbonyl (C=O) groups is 2. The van der Waals surface area contributed by atoms with Crippen molar-refractivity contribution in [1.29, 1.82) is 0 Å². The molecular weight excluding hydrogens is 292 g/mol. The van der Waals surface area contributed by atoms with E-state index < -0.39 is 17.2 Å². The first-order valence-electron chi connectivity index (χ1n) is 8.05. The van der Waals surface area contributed by atoms with Crippen molar-refractivity contribution in [2.24, 2.45) is 0 Å². The van der Waals surface area contributed by atoms with Crippen molar-refractivity contribution in [3.8, 4) is 0 Å². The molecule has 23 heavy (non-hydrogen) atoms. The van der Waals surface area contributed by atoms with Gasteiger partial charge in [-0.2, -0.15) is 0 Å². The van der Waals surface area contributed by atoms with Crippen molar-refractivity contribution in [3.63, 3.8) is 0 Å². The van der Waals surface area contributed by atoms with E-state index in [2.05, 4.69) is 5.32 Å². The summed E-state index contributed by atoms with van der Waals surface area (Å²) < 4.78 is 5.38. The number of likely N-dealkylation sites (N-methyl/N-ethyl adjacent to an activating group) is 1. The fourth-order valence-electron chi connectivity index (χ4n) is 2.96. The Balaban J connectivity index is 2.39. The van der Waals surface area contributed by atoms with E-state index in [-0.39, 0.29) is 5.91 Å². The van der Waals surface area contributed by atoms with Gasteiger partial charge in [-0.15, -0.1) is 0 Å².